The fourth-order valence-corrected chi connectivity index (χ4v) is 2.19. The Morgan fingerprint density at radius 2 is 2.24 bits per heavy atom. The molecule has 0 radical (unpaired) electrons. The molecule has 2 aromatic rings. The molecule has 5 heteroatoms. The predicted octanol–water partition coefficient (Wildman–Crippen LogP) is 0.746. The van der Waals surface area contributed by atoms with Crippen LogP contribution in [0, 0.1) is 0 Å². The third kappa shape index (κ3) is 1.82. The number of fused-ring (bicyclic) bond motifs is 1. The third-order valence-electron chi connectivity index (χ3n) is 3.12. The van der Waals surface area contributed by atoms with Crippen molar-refractivity contribution in [3.8, 4) is 0 Å². The second-order valence-electron chi connectivity index (χ2n) is 4.29. The summed E-state index contributed by atoms with van der Waals surface area (Å²) >= 11 is 0. The molecule has 1 aliphatic heterocycles. The van der Waals surface area contributed by atoms with Crippen molar-refractivity contribution in [3.63, 3.8) is 0 Å². The highest BCUT2D eigenvalue weighted by molar-refractivity contribution is 5.74. The van der Waals surface area contributed by atoms with Gasteiger partial charge in [0.1, 0.15) is 18.0 Å². The van der Waals surface area contributed by atoms with Crippen LogP contribution in [0.4, 0.5) is 0 Å². The molecule has 1 aromatic carbocycles. The lowest BCUT2D eigenvalue weighted by molar-refractivity contribution is -0.0244. The molecule has 5 nitrogen and oxygen atoms in total. The van der Waals surface area contributed by atoms with Gasteiger partial charge in [-0.3, -0.25) is 0 Å². The maximum absolute atomic E-state index is 9.67. The zero-order valence-corrected chi connectivity index (χ0v) is 9.21. The Bertz CT molecular complexity index is 492. The second kappa shape index (κ2) is 4.10. The molecule has 0 amide bonds. The highest BCUT2D eigenvalue weighted by Gasteiger charge is 2.35. The van der Waals surface area contributed by atoms with E-state index < -0.39 is 12.2 Å². The van der Waals surface area contributed by atoms with Gasteiger partial charge in [-0.2, -0.15) is 0 Å². The standard InChI is InChI=1S/C12H14N2O3/c15-6-11-9(16)5-10(17-11)12-13-7-3-1-2-4-8(7)14-12/h1-4,9-11,15-16H,5-6H2,(H,13,14)/t9-,10+,11+/m0/s1. The molecule has 3 N–H and O–H groups in total. The number of nitrogens with zero attached hydrogens (tertiary/aromatic N) is 1. The third-order valence-corrected chi connectivity index (χ3v) is 3.12. The molecule has 0 bridgehead atoms. The van der Waals surface area contributed by atoms with Crippen molar-refractivity contribution in [2.45, 2.75) is 24.7 Å². The fraction of sp³-hybridized carbons (Fsp3) is 0.417. The van der Waals surface area contributed by atoms with Gasteiger partial charge in [0.05, 0.1) is 23.7 Å². The van der Waals surface area contributed by atoms with Gasteiger partial charge in [-0.1, -0.05) is 12.1 Å². The summed E-state index contributed by atoms with van der Waals surface area (Å²) in [6, 6.07) is 7.73. The van der Waals surface area contributed by atoms with Crippen LogP contribution < -0.4 is 0 Å². The van der Waals surface area contributed by atoms with Crippen molar-refractivity contribution in [1.82, 2.24) is 9.97 Å². The van der Waals surface area contributed by atoms with Crippen molar-refractivity contribution >= 4 is 11.0 Å². The number of hydrogen-bond acceptors (Lipinski definition) is 4. The Balaban J connectivity index is 1.89. The number of imidazole rings is 1. The van der Waals surface area contributed by atoms with Crippen LogP contribution in [0.5, 0.6) is 0 Å². The molecular formula is C12H14N2O3. The molecule has 0 unspecified atom stereocenters. The lowest BCUT2D eigenvalue weighted by Crippen LogP contribution is -2.24. The maximum atomic E-state index is 9.67. The molecule has 2 heterocycles. The van der Waals surface area contributed by atoms with E-state index in [4.69, 9.17) is 9.84 Å². The lowest BCUT2D eigenvalue weighted by Gasteiger charge is -2.09. The Kier molecular flexibility index (Phi) is 2.58. The first kappa shape index (κ1) is 10.7. The number of aromatic amines is 1. The number of nitrogens with one attached hydrogen (secondary N) is 1. The molecule has 90 valence electrons. The van der Waals surface area contributed by atoms with E-state index in [2.05, 4.69) is 9.97 Å². The van der Waals surface area contributed by atoms with E-state index in [0.717, 1.165) is 11.0 Å². The largest absolute Gasteiger partial charge is 0.394 e. The first-order chi connectivity index (χ1) is 8.28. The number of H-pyrrole nitrogens is 1. The minimum Gasteiger partial charge on any atom is -0.394 e. The van der Waals surface area contributed by atoms with Crippen LogP contribution in [0.3, 0.4) is 0 Å². The van der Waals surface area contributed by atoms with Gasteiger partial charge in [0.25, 0.3) is 0 Å². The van der Waals surface area contributed by atoms with Crippen LogP contribution in [0.2, 0.25) is 0 Å². The second-order valence-corrected chi connectivity index (χ2v) is 4.29. The Hall–Kier alpha value is -1.43. The summed E-state index contributed by atoms with van der Waals surface area (Å²) in [5.74, 6) is 0.709. The number of ether oxygens (including phenoxy) is 1. The zero-order chi connectivity index (χ0) is 11.8. The van der Waals surface area contributed by atoms with Crippen LogP contribution in [-0.4, -0.2) is 39.0 Å². The van der Waals surface area contributed by atoms with Gasteiger partial charge < -0.3 is 19.9 Å². The number of benzene rings is 1. The molecule has 1 fully saturated rings. The van der Waals surface area contributed by atoms with Gasteiger partial charge in [0.15, 0.2) is 0 Å². The summed E-state index contributed by atoms with van der Waals surface area (Å²) in [5.41, 5.74) is 1.83. The monoisotopic (exact) mass is 234 g/mol. The predicted molar refractivity (Wildman–Crippen MR) is 61.4 cm³/mol. The van der Waals surface area contributed by atoms with Gasteiger partial charge in [0, 0.05) is 6.42 Å². The molecule has 1 aromatic heterocycles. The molecule has 17 heavy (non-hydrogen) atoms. The van der Waals surface area contributed by atoms with Gasteiger partial charge in [0.2, 0.25) is 0 Å². The molecule has 0 saturated carbocycles. The molecule has 3 rings (SSSR count). The maximum Gasteiger partial charge on any atom is 0.136 e. The van der Waals surface area contributed by atoms with Crippen LogP contribution in [0.15, 0.2) is 24.3 Å². The van der Waals surface area contributed by atoms with E-state index in [0.29, 0.717) is 12.2 Å². The number of aliphatic hydroxyl groups is 2. The first-order valence-electron chi connectivity index (χ1n) is 5.67. The molecular weight excluding hydrogens is 220 g/mol. The SMILES string of the molecule is OC[C@H]1O[C@@H](c2nc3ccccc3[nH]2)C[C@@H]1O. The smallest absolute Gasteiger partial charge is 0.136 e. The first-order valence-corrected chi connectivity index (χ1v) is 5.67. The number of aliphatic hydroxyl groups excluding tert-OH is 2. The number of para-hydroxylation sites is 2. The van der Waals surface area contributed by atoms with Gasteiger partial charge in [-0.25, -0.2) is 4.98 Å². The Labute approximate surface area is 98.1 Å². The van der Waals surface area contributed by atoms with E-state index in [1.54, 1.807) is 0 Å². The van der Waals surface area contributed by atoms with E-state index >= 15 is 0 Å². The quantitative estimate of drug-likeness (QED) is 0.716. The normalized spacial score (nSPS) is 28.9. The number of rotatable bonds is 2. The summed E-state index contributed by atoms with van der Waals surface area (Å²) in [4.78, 5) is 7.60. The molecule has 1 aliphatic rings. The minimum atomic E-state index is -0.627. The van der Waals surface area contributed by atoms with Crippen molar-refractivity contribution in [2.75, 3.05) is 6.61 Å². The van der Waals surface area contributed by atoms with E-state index in [-0.39, 0.29) is 12.7 Å². The van der Waals surface area contributed by atoms with Gasteiger partial charge in [-0.15, -0.1) is 0 Å². The van der Waals surface area contributed by atoms with E-state index in [9.17, 15) is 5.11 Å². The molecule has 1 saturated heterocycles. The average molecular weight is 234 g/mol. The number of aromatic nitrogens is 2. The van der Waals surface area contributed by atoms with Crippen molar-refractivity contribution in [1.29, 1.82) is 0 Å². The van der Waals surface area contributed by atoms with Crippen LogP contribution in [0.1, 0.15) is 18.3 Å². The van der Waals surface area contributed by atoms with Gasteiger partial charge in [-0.05, 0) is 12.1 Å². The molecule has 3 atom stereocenters. The van der Waals surface area contributed by atoms with Crippen molar-refractivity contribution in [3.05, 3.63) is 30.1 Å². The highest BCUT2D eigenvalue weighted by atomic mass is 16.5. The summed E-state index contributed by atoms with van der Waals surface area (Å²) in [5, 5.41) is 18.7. The van der Waals surface area contributed by atoms with E-state index in [1.807, 2.05) is 24.3 Å². The zero-order valence-electron chi connectivity index (χ0n) is 9.21. The highest BCUT2D eigenvalue weighted by Crippen LogP contribution is 2.32. The minimum absolute atomic E-state index is 0.169. The van der Waals surface area contributed by atoms with Gasteiger partial charge >= 0.3 is 0 Å². The summed E-state index contributed by atoms with van der Waals surface area (Å²) in [6.45, 7) is -0.169. The Morgan fingerprint density at radius 3 is 2.94 bits per heavy atom. The average Bonchev–Trinajstić information content (AvgIpc) is 2.91. The van der Waals surface area contributed by atoms with Crippen LogP contribution in [0.25, 0.3) is 11.0 Å². The number of hydrogen-bond donors (Lipinski definition) is 3. The fourth-order valence-electron chi connectivity index (χ4n) is 2.19. The van der Waals surface area contributed by atoms with Crippen LogP contribution in [-0.2, 0) is 4.74 Å². The van der Waals surface area contributed by atoms with Crippen LogP contribution >= 0.6 is 0 Å². The van der Waals surface area contributed by atoms with E-state index in [1.165, 1.54) is 0 Å². The topological polar surface area (TPSA) is 78.4 Å². The molecule has 0 spiro atoms. The Morgan fingerprint density at radius 1 is 1.41 bits per heavy atom. The summed E-state index contributed by atoms with van der Waals surface area (Å²) in [7, 11) is 0. The lowest BCUT2D eigenvalue weighted by atomic mass is 10.1. The van der Waals surface area contributed by atoms with Crippen molar-refractivity contribution < 1.29 is 14.9 Å². The van der Waals surface area contributed by atoms with Crippen molar-refractivity contribution in [2.24, 2.45) is 0 Å². The summed E-state index contributed by atoms with van der Waals surface area (Å²) in [6.07, 6.45) is -0.939. The molecule has 0 aliphatic carbocycles. The summed E-state index contributed by atoms with van der Waals surface area (Å²) < 4.78 is 5.54.